The number of Topliss-reactive ketones (excluding diaryl/α,β-unsaturated/α-hetero) is 1. The third-order valence-electron chi connectivity index (χ3n) is 3.63. The lowest BCUT2D eigenvalue weighted by molar-refractivity contribution is -0.146. The topological polar surface area (TPSA) is 85.6 Å². The van der Waals surface area contributed by atoms with E-state index in [1.807, 2.05) is 0 Å². The third kappa shape index (κ3) is 2.70. The van der Waals surface area contributed by atoms with E-state index in [0.29, 0.717) is 29.7 Å². The zero-order valence-corrected chi connectivity index (χ0v) is 12.7. The Hall–Kier alpha value is -2.11. The average Bonchev–Trinajstić information content (AvgIpc) is 2.76. The van der Waals surface area contributed by atoms with Crippen LogP contribution in [-0.4, -0.2) is 30.3 Å². The van der Waals surface area contributed by atoms with E-state index in [0.717, 1.165) is 6.42 Å². The van der Waals surface area contributed by atoms with Gasteiger partial charge >= 0.3 is 5.97 Å². The van der Waals surface area contributed by atoms with Crippen molar-refractivity contribution in [2.75, 3.05) is 7.11 Å². The summed E-state index contributed by atoms with van der Waals surface area (Å²) in [6.07, 6.45) is 1.85. The summed E-state index contributed by atoms with van der Waals surface area (Å²) < 4.78 is 10.2. The molecular weight excluding hydrogens is 274 g/mol. The van der Waals surface area contributed by atoms with Crippen LogP contribution in [0.25, 0.3) is 0 Å². The van der Waals surface area contributed by atoms with Crippen molar-refractivity contribution in [3.8, 4) is 0 Å². The number of nitrogens with one attached hydrogen (secondary N) is 1. The van der Waals surface area contributed by atoms with Crippen molar-refractivity contribution >= 4 is 17.7 Å². The van der Waals surface area contributed by atoms with Gasteiger partial charge in [-0.15, -0.1) is 0 Å². The van der Waals surface area contributed by atoms with E-state index in [9.17, 15) is 14.4 Å². The van der Waals surface area contributed by atoms with E-state index in [-0.39, 0.29) is 11.5 Å². The lowest BCUT2D eigenvalue weighted by Crippen LogP contribution is -2.50. The van der Waals surface area contributed by atoms with Crippen molar-refractivity contribution in [1.29, 1.82) is 0 Å². The van der Waals surface area contributed by atoms with Crippen LogP contribution in [-0.2, 0) is 16.0 Å². The Morgan fingerprint density at radius 3 is 2.52 bits per heavy atom. The maximum Gasteiger partial charge on any atom is 0.330 e. The highest BCUT2D eigenvalue weighted by atomic mass is 16.5. The lowest BCUT2D eigenvalue weighted by atomic mass is 9.94. The van der Waals surface area contributed by atoms with Crippen molar-refractivity contribution in [3.05, 3.63) is 22.6 Å². The summed E-state index contributed by atoms with van der Waals surface area (Å²) in [6.45, 7) is 4.77. The van der Waals surface area contributed by atoms with Crippen molar-refractivity contribution in [2.45, 2.75) is 45.6 Å². The molecule has 0 spiro atoms. The number of furan rings is 1. The van der Waals surface area contributed by atoms with Crippen LogP contribution in [0.2, 0.25) is 0 Å². The lowest BCUT2D eigenvalue weighted by Gasteiger charge is -2.22. The summed E-state index contributed by atoms with van der Waals surface area (Å²) in [4.78, 5) is 35.8. The third-order valence-corrected chi connectivity index (χ3v) is 3.63. The summed E-state index contributed by atoms with van der Waals surface area (Å²) in [6, 6.07) is 0. The fraction of sp³-hybridized carbons (Fsp3) is 0.533. The SMILES string of the molecule is COC(=O)C(C)(C)NC(=O)c1oc2c(c1C)C(=O)CCC2. The molecule has 1 aliphatic rings. The number of hydrogen-bond acceptors (Lipinski definition) is 5. The molecule has 0 saturated heterocycles. The highest BCUT2D eigenvalue weighted by Gasteiger charge is 2.34. The van der Waals surface area contributed by atoms with Gasteiger partial charge < -0.3 is 14.5 Å². The van der Waals surface area contributed by atoms with Crippen LogP contribution in [0.3, 0.4) is 0 Å². The Kier molecular flexibility index (Phi) is 3.89. The first kappa shape index (κ1) is 15.3. The van der Waals surface area contributed by atoms with Crippen molar-refractivity contribution in [3.63, 3.8) is 0 Å². The van der Waals surface area contributed by atoms with Crippen LogP contribution >= 0.6 is 0 Å². The van der Waals surface area contributed by atoms with Crippen LogP contribution in [0, 0.1) is 6.92 Å². The summed E-state index contributed by atoms with van der Waals surface area (Å²) >= 11 is 0. The molecular formula is C15H19NO5. The fourth-order valence-electron chi connectivity index (χ4n) is 2.51. The predicted molar refractivity (Wildman–Crippen MR) is 74.3 cm³/mol. The number of hydrogen-bond donors (Lipinski definition) is 1. The average molecular weight is 293 g/mol. The number of carbonyl (C=O) groups excluding carboxylic acids is 3. The number of rotatable bonds is 3. The first-order valence-electron chi connectivity index (χ1n) is 6.84. The van der Waals surface area contributed by atoms with E-state index < -0.39 is 17.4 Å². The molecule has 0 unspecified atom stereocenters. The second-order valence-corrected chi connectivity index (χ2v) is 5.70. The molecule has 0 fully saturated rings. The minimum atomic E-state index is -1.17. The minimum absolute atomic E-state index is 0.00350. The van der Waals surface area contributed by atoms with Crippen LogP contribution in [0.5, 0.6) is 0 Å². The van der Waals surface area contributed by atoms with Gasteiger partial charge in [0.2, 0.25) is 0 Å². The van der Waals surface area contributed by atoms with Gasteiger partial charge in [0.05, 0.1) is 12.7 Å². The molecule has 0 atom stereocenters. The maximum absolute atomic E-state index is 12.3. The molecule has 114 valence electrons. The summed E-state index contributed by atoms with van der Waals surface area (Å²) in [7, 11) is 1.26. The van der Waals surface area contributed by atoms with Gasteiger partial charge in [0, 0.05) is 18.4 Å². The second-order valence-electron chi connectivity index (χ2n) is 5.70. The Labute approximate surface area is 122 Å². The molecule has 1 aromatic rings. The van der Waals surface area contributed by atoms with Gasteiger partial charge in [-0.3, -0.25) is 9.59 Å². The number of fused-ring (bicyclic) bond motifs is 1. The maximum atomic E-state index is 12.3. The van der Waals surface area contributed by atoms with E-state index in [2.05, 4.69) is 10.1 Å². The molecule has 1 N–H and O–H groups in total. The van der Waals surface area contributed by atoms with Crippen molar-refractivity contribution in [2.24, 2.45) is 0 Å². The highest BCUT2D eigenvalue weighted by Crippen LogP contribution is 2.29. The van der Waals surface area contributed by atoms with Gasteiger partial charge in [-0.2, -0.15) is 0 Å². The molecule has 0 aliphatic heterocycles. The normalized spacial score (nSPS) is 14.6. The Balaban J connectivity index is 2.29. The van der Waals surface area contributed by atoms with Gasteiger partial charge in [-0.1, -0.05) is 0 Å². The Morgan fingerprint density at radius 1 is 1.29 bits per heavy atom. The van der Waals surface area contributed by atoms with Crippen LogP contribution in [0.4, 0.5) is 0 Å². The largest absolute Gasteiger partial charge is 0.467 e. The molecule has 1 aromatic heterocycles. The molecule has 21 heavy (non-hydrogen) atoms. The molecule has 1 aliphatic carbocycles. The number of methoxy groups -OCH3 is 1. The Morgan fingerprint density at radius 2 is 1.95 bits per heavy atom. The van der Waals surface area contributed by atoms with Crippen molar-refractivity contribution in [1.82, 2.24) is 5.32 Å². The molecule has 2 rings (SSSR count). The van der Waals surface area contributed by atoms with Gasteiger partial charge in [0.25, 0.3) is 5.91 Å². The molecule has 6 heteroatoms. The van der Waals surface area contributed by atoms with Crippen molar-refractivity contribution < 1.29 is 23.5 Å². The van der Waals surface area contributed by atoms with Gasteiger partial charge in [-0.25, -0.2) is 4.79 Å². The number of esters is 1. The molecule has 0 radical (unpaired) electrons. The van der Waals surface area contributed by atoms with Gasteiger partial charge in [0.1, 0.15) is 11.3 Å². The molecule has 1 heterocycles. The van der Waals surface area contributed by atoms with Crippen LogP contribution in [0.15, 0.2) is 4.42 Å². The summed E-state index contributed by atoms with van der Waals surface area (Å²) in [5.74, 6) is -0.424. The van der Waals surface area contributed by atoms with Crippen LogP contribution in [0.1, 0.15) is 58.9 Å². The molecule has 0 bridgehead atoms. The fourth-order valence-corrected chi connectivity index (χ4v) is 2.51. The molecule has 1 amide bonds. The highest BCUT2D eigenvalue weighted by molar-refractivity contribution is 6.04. The number of carbonyl (C=O) groups is 3. The first-order valence-corrected chi connectivity index (χ1v) is 6.84. The summed E-state index contributed by atoms with van der Waals surface area (Å²) in [5, 5.41) is 2.57. The smallest absolute Gasteiger partial charge is 0.330 e. The quantitative estimate of drug-likeness (QED) is 0.859. The monoisotopic (exact) mass is 293 g/mol. The second kappa shape index (κ2) is 5.35. The first-order chi connectivity index (χ1) is 9.77. The van der Waals surface area contributed by atoms with Gasteiger partial charge in [0.15, 0.2) is 11.5 Å². The summed E-state index contributed by atoms with van der Waals surface area (Å²) in [5.41, 5.74) is -0.120. The Bertz CT molecular complexity index is 612. The molecule has 6 nitrogen and oxygen atoms in total. The molecule has 0 saturated carbocycles. The minimum Gasteiger partial charge on any atom is -0.467 e. The number of ketones is 1. The van der Waals surface area contributed by atoms with E-state index in [1.54, 1.807) is 20.8 Å². The zero-order valence-electron chi connectivity index (χ0n) is 12.7. The number of ether oxygens (including phenoxy) is 1. The standard InChI is InChI=1S/C15H19NO5/c1-8-11-9(17)6-5-7-10(11)21-12(8)13(18)16-15(2,3)14(19)20-4/h5-7H2,1-4H3,(H,16,18). The van der Waals surface area contributed by atoms with Gasteiger partial charge in [-0.05, 0) is 27.2 Å². The molecule has 0 aromatic carbocycles. The predicted octanol–water partition coefficient (Wildman–Crippen LogP) is 1.79. The number of aryl methyl sites for hydroxylation is 1. The zero-order chi connectivity index (χ0) is 15.8. The van der Waals surface area contributed by atoms with Crippen LogP contribution < -0.4 is 5.32 Å². The number of amides is 1. The van der Waals surface area contributed by atoms with E-state index in [4.69, 9.17) is 4.42 Å². The van der Waals surface area contributed by atoms with E-state index in [1.165, 1.54) is 7.11 Å². The van der Waals surface area contributed by atoms with E-state index >= 15 is 0 Å².